The third-order valence-electron chi connectivity index (χ3n) is 2.97. The summed E-state index contributed by atoms with van der Waals surface area (Å²) >= 11 is 0. The van der Waals surface area contributed by atoms with Gasteiger partial charge >= 0.3 is 5.97 Å². The van der Waals surface area contributed by atoms with E-state index in [0.29, 0.717) is 22.6 Å². The molecule has 0 aliphatic rings. The Hall–Kier alpha value is -2.01. The number of pyridine rings is 1. The summed E-state index contributed by atoms with van der Waals surface area (Å²) in [6.07, 6.45) is 2.30. The number of aryl methyl sites for hydroxylation is 2. The maximum atomic E-state index is 12.2. The first-order valence-corrected chi connectivity index (χ1v) is 7.52. The Morgan fingerprint density at radius 1 is 1.30 bits per heavy atom. The van der Waals surface area contributed by atoms with Crippen LogP contribution in [0.4, 0.5) is 0 Å². The summed E-state index contributed by atoms with van der Waals surface area (Å²) in [6.45, 7) is 1.73. The highest BCUT2D eigenvalue weighted by molar-refractivity contribution is 7.85. The van der Waals surface area contributed by atoms with Crippen LogP contribution in [0.3, 0.4) is 0 Å². The lowest BCUT2D eigenvalue weighted by molar-refractivity contribution is 0.0696. The van der Waals surface area contributed by atoms with Gasteiger partial charge in [0.15, 0.2) is 0 Å². The minimum absolute atomic E-state index is 0.202. The zero-order chi connectivity index (χ0) is 14.5. The average molecular weight is 289 g/mol. The highest BCUT2D eigenvalue weighted by Crippen LogP contribution is 2.15. The monoisotopic (exact) mass is 289 g/mol. The van der Waals surface area contributed by atoms with Crippen molar-refractivity contribution in [3.05, 3.63) is 59.4 Å². The van der Waals surface area contributed by atoms with Crippen molar-refractivity contribution >= 4 is 16.8 Å². The minimum Gasteiger partial charge on any atom is -0.478 e. The first-order chi connectivity index (χ1) is 9.58. The zero-order valence-electron chi connectivity index (χ0n) is 11.1. The molecule has 4 nitrogen and oxygen atoms in total. The second kappa shape index (κ2) is 6.43. The Balaban J connectivity index is 2.10. The molecule has 0 aliphatic heterocycles. The van der Waals surface area contributed by atoms with Crippen molar-refractivity contribution in [2.45, 2.75) is 18.2 Å². The van der Waals surface area contributed by atoms with E-state index in [9.17, 15) is 9.00 Å². The van der Waals surface area contributed by atoms with Gasteiger partial charge in [0, 0.05) is 29.0 Å². The van der Waals surface area contributed by atoms with Gasteiger partial charge in [-0.15, -0.1) is 0 Å². The normalized spacial score (nSPS) is 12.1. The summed E-state index contributed by atoms with van der Waals surface area (Å²) in [5.74, 6) is -0.565. The second-order valence-electron chi connectivity index (χ2n) is 4.40. The first-order valence-electron chi connectivity index (χ1n) is 6.20. The molecule has 0 bridgehead atoms. The number of carboxylic acid groups (broad SMARTS) is 1. The van der Waals surface area contributed by atoms with Gasteiger partial charge in [0.1, 0.15) is 0 Å². The molecule has 104 valence electrons. The average Bonchev–Trinajstić information content (AvgIpc) is 2.46. The molecule has 5 heteroatoms. The third-order valence-corrected chi connectivity index (χ3v) is 4.33. The molecule has 1 heterocycles. The maximum Gasteiger partial charge on any atom is 0.335 e. The lowest BCUT2D eigenvalue weighted by atomic mass is 10.1. The van der Waals surface area contributed by atoms with E-state index < -0.39 is 16.8 Å². The van der Waals surface area contributed by atoms with Crippen LogP contribution in [0.1, 0.15) is 21.6 Å². The lowest BCUT2D eigenvalue weighted by Gasteiger charge is -2.06. The van der Waals surface area contributed by atoms with Crippen LogP contribution in [0.5, 0.6) is 0 Å². The van der Waals surface area contributed by atoms with Gasteiger partial charge in [-0.1, -0.05) is 12.1 Å². The van der Waals surface area contributed by atoms with Crippen molar-refractivity contribution in [2.75, 3.05) is 5.75 Å². The maximum absolute atomic E-state index is 12.2. The summed E-state index contributed by atoms with van der Waals surface area (Å²) in [5, 5.41) is 9.07. The third kappa shape index (κ3) is 3.51. The summed E-state index contributed by atoms with van der Waals surface area (Å²) in [7, 11) is -1.22. The smallest absolute Gasteiger partial charge is 0.335 e. The number of aromatic carboxylic acids is 1. The predicted octanol–water partition coefficient (Wildman–Crippen LogP) is 2.44. The lowest BCUT2D eigenvalue weighted by Crippen LogP contribution is -2.06. The summed E-state index contributed by atoms with van der Waals surface area (Å²) in [4.78, 5) is 15.8. The number of nitrogens with zero attached hydrogens (tertiary/aromatic N) is 1. The Bertz CT molecular complexity index is 641. The standard InChI is InChI=1S/C15H15NO3S/c1-11-5-6-13(10-14(11)15(17)18)20(19)9-7-12-4-2-3-8-16-12/h2-6,8,10H,7,9H2,1H3,(H,17,18). The molecule has 1 aromatic carbocycles. The van der Waals surface area contributed by atoms with Gasteiger partial charge in [-0.3, -0.25) is 9.19 Å². The van der Waals surface area contributed by atoms with Gasteiger partial charge in [-0.25, -0.2) is 4.79 Å². The number of carboxylic acids is 1. The van der Waals surface area contributed by atoms with Crippen molar-refractivity contribution < 1.29 is 14.1 Å². The minimum atomic E-state index is -1.22. The first kappa shape index (κ1) is 14.4. The summed E-state index contributed by atoms with van der Waals surface area (Å²) < 4.78 is 12.2. The molecule has 1 unspecified atom stereocenters. The van der Waals surface area contributed by atoms with Crippen LogP contribution in [0.15, 0.2) is 47.5 Å². The Labute approximate surface area is 119 Å². The summed E-state index contributed by atoms with van der Waals surface area (Å²) in [6, 6.07) is 10.5. The molecule has 20 heavy (non-hydrogen) atoms. The van der Waals surface area contributed by atoms with E-state index in [-0.39, 0.29) is 5.56 Å². The topological polar surface area (TPSA) is 67.3 Å². The van der Waals surface area contributed by atoms with E-state index in [4.69, 9.17) is 5.11 Å². The molecule has 0 radical (unpaired) electrons. The van der Waals surface area contributed by atoms with Crippen LogP contribution in [0.2, 0.25) is 0 Å². The molecule has 0 aliphatic carbocycles. The van der Waals surface area contributed by atoms with Crippen molar-refractivity contribution in [3.8, 4) is 0 Å². The molecule has 2 rings (SSSR count). The molecule has 0 amide bonds. The van der Waals surface area contributed by atoms with E-state index in [1.807, 2.05) is 18.2 Å². The van der Waals surface area contributed by atoms with Gasteiger partial charge in [-0.2, -0.15) is 0 Å². The number of benzene rings is 1. The second-order valence-corrected chi connectivity index (χ2v) is 5.97. The molecule has 1 aromatic heterocycles. The van der Waals surface area contributed by atoms with Crippen molar-refractivity contribution in [1.82, 2.24) is 4.98 Å². The molecule has 0 saturated heterocycles. The fourth-order valence-electron chi connectivity index (χ4n) is 1.83. The number of hydrogen-bond donors (Lipinski definition) is 1. The molecular weight excluding hydrogens is 274 g/mol. The zero-order valence-corrected chi connectivity index (χ0v) is 11.9. The Morgan fingerprint density at radius 2 is 2.10 bits per heavy atom. The summed E-state index contributed by atoms with van der Waals surface area (Å²) in [5.41, 5.74) is 1.75. The highest BCUT2D eigenvalue weighted by Gasteiger charge is 2.11. The molecule has 0 fully saturated rings. The molecule has 2 aromatic rings. The van der Waals surface area contributed by atoms with Crippen molar-refractivity contribution in [3.63, 3.8) is 0 Å². The van der Waals surface area contributed by atoms with Gasteiger partial charge in [-0.05, 0) is 36.8 Å². The van der Waals surface area contributed by atoms with Crippen LogP contribution >= 0.6 is 0 Å². The SMILES string of the molecule is Cc1ccc(S(=O)CCc2ccccn2)cc1C(=O)O. The van der Waals surface area contributed by atoms with E-state index in [1.165, 1.54) is 6.07 Å². The van der Waals surface area contributed by atoms with E-state index in [1.54, 1.807) is 25.3 Å². The van der Waals surface area contributed by atoms with Gasteiger partial charge < -0.3 is 5.11 Å². The van der Waals surface area contributed by atoms with Crippen LogP contribution < -0.4 is 0 Å². The number of aromatic nitrogens is 1. The largest absolute Gasteiger partial charge is 0.478 e. The van der Waals surface area contributed by atoms with Gasteiger partial charge in [0.2, 0.25) is 0 Å². The molecule has 1 N–H and O–H groups in total. The Morgan fingerprint density at radius 3 is 2.75 bits per heavy atom. The number of rotatable bonds is 5. The van der Waals surface area contributed by atoms with Crippen molar-refractivity contribution in [2.24, 2.45) is 0 Å². The van der Waals surface area contributed by atoms with E-state index in [2.05, 4.69) is 4.98 Å². The fraction of sp³-hybridized carbons (Fsp3) is 0.200. The predicted molar refractivity (Wildman–Crippen MR) is 77.4 cm³/mol. The van der Waals surface area contributed by atoms with Gasteiger partial charge in [0.25, 0.3) is 0 Å². The van der Waals surface area contributed by atoms with E-state index >= 15 is 0 Å². The number of carbonyl (C=O) groups is 1. The van der Waals surface area contributed by atoms with E-state index in [0.717, 1.165) is 5.69 Å². The van der Waals surface area contributed by atoms with Gasteiger partial charge in [0.05, 0.1) is 16.4 Å². The van der Waals surface area contributed by atoms with Crippen LogP contribution in [0, 0.1) is 6.92 Å². The molecule has 0 spiro atoms. The molecule has 0 saturated carbocycles. The van der Waals surface area contributed by atoms with Crippen LogP contribution in [-0.2, 0) is 17.2 Å². The quantitative estimate of drug-likeness (QED) is 0.918. The Kier molecular flexibility index (Phi) is 4.63. The van der Waals surface area contributed by atoms with Crippen LogP contribution in [-0.4, -0.2) is 26.0 Å². The number of hydrogen-bond acceptors (Lipinski definition) is 3. The molecule has 1 atom stereocenters. The highest BCUT2D eigenvalue weighted by atomic mass is 32.2. The fourth-order valence-corrected chi connectivity index (χ4v) is 2.93. The van der Waals surface area contributed by atoms with Crippen molar-refractivity contribution in [1.29, 1.82) is 0 Å². The van der Waals surface area contributed by atoms with Crippen LogP contribution in [0.25, 0.3) is 0 Å². The molecular formula is C15H15NO3S.